The minimum atomic E-state index is -3.59. The lowest BCUT2D eigenvalue weighted by molar-refractivity contribution is 0.102. The standard InChI is InChI=1S/C21H28N2O5S/c1-7-15-11-9-10-14(3)20(15)22-21(24)16-12-18(27-5)19(28-6)13-17(16)23(4)29(25,26)8-2/h9-13H,7-8H2,1-6H3,(H,22,24). The maximum absolute atomic E-state index is 13.2. The summed E-state index contributed by atoms with van der Waals surface area (Å²) in [4.78, 5) is 13.2. The highest BCUT2D eigenvalue weighted by Crippen LogP contribution is 2.36. The highest BCUT2D eigenvalue weighted by atomic mass is 32.2. The van der Waals surface area contributed by atoms with Crippen molar-refractivity contribution in [2.75, 3.05) is 36.6 Å². The van der Waals surface area contributed by atoms with E-state index in [9.17, 15) is 13.2 Å². The van der Waals surface area contributed by atoms with Crippen LogP contribution in [0.5, 0.6) is 11.5 Å². The number of anilines is 2. The molecule has 0 heterocycles. The number of nitrogens with one attached hydrogen (secondary N) is 1. The summed E-state index contributed by atoms with van der Waals surface area (Å²) in [5.74, 6) is 0.145. The molecule has 8 heteroatoms. The van der Waals surface area contributed by atoms with Gasteiger partial charge < -0.3 is 14.8 Å². The number of methoxy groups -OCH3 is 2. The molecule has 0 aliphatic heterocycles. The van der Waals surface area contributed by atoms with E-state index in [2.05, 4.69) is 5.32 Å². The third kappa shape index (κ3) is 4.64. The third-order valence-electron chi connectivity index (χ3n) is 4.85. The molecule has 158 valence electrons. The Morgan fingerprint density at radius 3 is 2.28 bits per heavy atom. The van der Waals surface area contributed by atoms with Crippen molar-refractivity contribution in [1.29, 1.82) is 0 Å². The predicted molar refractivity (Wildman–Crippen MR) is 116 cm³/mol. The van der Waals surface area contributed by atoms with Crippen LogP contribution in [0.15, 0.2) is 30.3 Å². The van der Waals surface area contributed by atoms with Gasteiger partial charge in [-0.15, -0.1) is 0 Å². The highest BCUT2D eigenvalue weighted by molar-refractivity contribution is 7.92. The van der Waals surface area contributed by atoms with E-state index < -0.39 is 15.9 Å². The Kier molecular flexibility index (Phi) is 7.13. The number of para-hydroxylation sites is 1. The van der Waals surface area contributed by atoms with Crippen LogP contribution in [0, 0.1) is 6.92 Å². The Morgan fingerprint density at radius 1 is 1.10 bits per heavy atom. The highest BCUT2D eigenvalue weighted by Gasteiger charge is 2.25. The fraction of sp³-hybridized carbons (Fsp3) is 0.381. The van der Waals surface area contributed by atoms with Gasteiger partial charge in [0.2, 0.25) is 10.0 Å². The maximum Gasteiger partial charge on any atom is 0.257 e. The average Bonchev–Trinajstić information content (AvgIpc) is 2.73. The minimum Gasteiger partial charge on any atom is -0.493 e. The number of benzene rings is 2. The summed E-state index contributed by atoms with van der Waals surface area (Å²) < 4.78 is 36.7. The number of ether oxygens (including phenoxy) is 2. The van der Waals surface area contributed by atoms with E-state index in [-0.39, 0.29) is 17.0 Å². The van der Waals surface area contributed by atoms with Crippen LogP contribution in [0.2, 0.25) is 0 Å². The van der Waals surface area contributed by atoms with E-state index in [1.807, 2.05) is 32.0 Å². The van der Waals surface area contributed by atoms with E-state index in [1.54, 1.807) is 6.92 Å². The molecule has 0 radical (unpaired) electrons. The fourth-order valence-corrected chi connectivity index (χ4v) is 3.88. The molecule has 2 aromatic carbocycles. The van der Waals surface area contributed by atoms with Crippen molar-refractivity contribution in [1.82, 2.24) is 0 Å². The molecule has 0 unspecified atom stereocenters. The van der Waals surface area contributed by atoms with Gasteiger partial charge in [-0.2, -0.15) is 0 Å². The smallest absolute Gasteiger partial charge is 0.257 e. The van der Waals surface area contributed by atoms with Gasteiger partial charge in [0.05, 0.1) is 31.2 Å². The molecule has 0 saturated heterocycles. The van der Waals surface area contributed by atoms with Crippen molar-refractivity contribution in [3.8, 4) is 11.5 Å². The largest absolute Gasteiger partial charge is 0.493 e. The van der Waals surface area contributed by atoms with Gasteiger partial charge >= 0.3 is 0 Å². The monoisotopic (exact) mass is 420 g/mol. The molecule has 0 atom stereocenters. The molecule has 0 bridgehead atoms. The Bertz CT molecular complexity index is 1000. The maximum atomic E-state index is 13.2. The summed E-state index contributed by atoms with van der Waals surface area (Å²) in [6.45, 7) is 5.47. The summed E-state index contributed by atoms with van der Waals surface area (Å²) in [7, 11) is 0.746. The molecule has 7 nitrogen and oxygen atoms in total. The average molecular weight is 421 g/mol. The summed E-state index contributed by atoms with van der Waals surface area (Å²) in [5, 5.41) is 2.94. The molecule has 0 spiro atoms. The molecule has 0 aliphatic rings. The second kappa shape index (κ2) is 9.17. The van der Waals surface area contributed by atoms with E-state index in [1.165, 1.54) is 33.4 Å². The van der Waals surface area contributed by atoms with Crippen LogP contribution in [0.1, 0.15) is 35.3 Å². The quantitative estimate of drug-likeness (QED) is 0.705. The topological polar surface area (TPSA) is 84.9 Å². The lowest BCUT2D eigenvalue weighted by atomic mass is 10.0. The van der Waals surface area contributed by atoms with Crippen LogP contribution >= 0.6 is 0 Å². The van der Waals surface area contributed by atoms with Gasteiger partial charge in [-0.25, -0.2) is 8.42 Å². The number of hydrogen-bond acceptors (Lipinski definition) is 5. The van der Waals surface area contributed by atoms with Crippen LogP contribution in [0.3, 0.4) is 0 Å². The summed E-state index contributed by atoms with van der Waals surface area (Å²) >= 11 is 0. The molecule has 2 rings (SSSR count). The van der Waals surface area contributed by atoms with Crippen LogP contribution in [-0.2, 0) is 16.4 Å². The molecule has 0 fully saturated rings. The number of rotatable bonds is 8. The van der Waals surface area contributed by atoms with E-state index in [0.29, 0.717) is 11.5 Å². The third-order valence-corrected chi connectivity index (χ3v) is 6.61. The number of amides is 1. The normalized spacial score (nSPS) is 11.1. The van der Waals surface area contributed by atoms with Crippen LogP contribution in [0.25, 0.3) is 0 Å². The van der Waals surface area contributed by atoms with Crippen molar-refractivity contribution >= 4 is 27.3 Å². The van der Waals surface area contributed by atoms with Crippen LogP contribution in [0.4, 0.5) is 11.4 Å². The van der Waals surface area contributed by atoms with Gasteiger partial charge in [0.1, 0.15) is 0 Å². The lowest BCUT2D eigenvalue weighted by Crippen LogP contribution is -2.30. The first-order chi connectivity index (χ1) is 13.7. The van der Waals surface area contributed by atoms with Gasteiger partial charge in [-0.1, -0.05) is 25.1 Å². The Hall–Kier alpha value is -2.74. The Balaban J connectivity index is 2.62. The van der Waals surface area contributed by atoms with Crippen molar-refractivity contribution in [2.24, 2.45) is 0 Å². The molecular weight excluding hydrogens is 392 g/mol. The molecule has 0 aromatic heterocycles. The molecule has 0 saturated carbocycles. The van der Waals surface area contributed by atoms with Crippen LogP contribution < -0.4 is 19.1 Å². The molecule has 0 aliphatic carbocycles. The number of aryl methyl sites for hydroxylation is 2. The van der Waals surface area contributed by atoms with Crippen LogP contribution in [-0.4, -0.2) is 41.3 Å². The first-order valence-electron chi connectivity index (χ1n) is 9.32. The van der Waals surface area contributed by atoms with Crippen molar-refractivity contribution in [2.45, 2.75) is 27.2 Å². The van der Waals surface area contributed by atoms with Gasteiger partial charge in [0, 0.05) is 18.8 Å². The minimum absolute atomic E-state index is 0.101. The van der Waals surface area contributed by atoms with Crippen molar-refractivity contribution < 1.29 is 22.7 Å². The van der Waals surface area contributed by atoms with Gasteiger partial charge in [0.25, 0.3) is 5.91 Å². The van der Waals surface area contributed by atoms with Crippen molar-refractivity contribution in [3.05, 3.63) is 47.0 Å². The summed E-state index contributed by atoms with van der Waals surface area (Å²) in [6, 6.07) is 8.80. The number of hydrogen-bond donors (Lipinski definition) is 1. The van der Waals surface area contributed by atoms with Crippen molar-refractivity contribution in [3.63, 3.8) is 0 Å². The van der Waals surface area contributed by atoms with E-state index in [4.69, 9.17) is 9.47 Å². The molecule has 1 N–H and O–H groups in total. The first-order valence-corrected chi connectivity index (χ1v) is 10.9. The van der Waals surface area contributed by atoms with Gasteiger partial charge in [-0.3, -0.25) is 9.10 Å². The molecular formula is C21H28N2O5S. The predicted octanol–water partition coefficient (Wildman–Crippen LogP) is 3.61. The van der Waals surface area contributed by atoms with Gasteiger partial charge in [-0.05, 0) is 37.5 Å². The zero-order valence-electron chi connectivity index (χ0n) is 17.7. The zero-order valence-corrected chi connectivity index (χ0v) is 18.5. The van der Waals surface area contributed by atoms with E-state index >= 15 is 0 Å². The SMILES string of the molecule is CCc1cccc(C)c1NC(=O)c1cc(OC)c(OC)cc1N(C)S(=O)(=O)CC. The number of carbonyl (C=O) groups is 1. The molecule has 2 aromatic rings. The zero-order chi connectivity index (χ0) is 21.8. The lowest BCUT2D eigenvalue weighted by Gasteiger charge is -2.23. The Morgan fingerprint density at radius 2 is 1.72 bits per heavy atom. The second-order valence-corrected chi connectivity index (χ2v) is 8.80. The number of nitrogens with zero attached hydrogens (tertiary/aromatic N) is 1. The van der Waals surface area contributed by atoms with E-state index in [0.717, 1.165) is 27.5 Å². The van der Waals surface area contributed by atoms with Gasteiger partial charge in [0.15, 0.2) is 11.5 Å². The first kappa shape index (κ1) is 22.5. The molecule has 29 heavy (non-hydrogen) atoms. The second-order valence-electron chi connectivity index (χ2n) is 6.51. The molecule has 1 amide bonds. The Labute approximate surface area is 172 Å². The summed E-state index contributed by atoms with van der Waals surface area (Å²) in [5.41, 5.74) is 3.03. The summed E-state index contributed by atoms with van der Waals surface area (Å²) in [6.07, 6.45) is 0.750. The fourth-order valence-electron chi connectivity index (χ4n) is 3.04. The number of carbonyl (C=O) groups excluding carboxylic acids is 1. The number of sulfonamides is 1.